The normalized spacial score (nSPS) is 47.4. The monoisotopic (exact) mass is 294 g/mol. The van der Waals surface area contributed by atoms with Gasteiger partial charge in [-0.2, -0.15) is 0 Å². The van der Waals surface area contributed by atoms with Gasteiger partial charge in [0.05, 0.1) is 22.9 Å². The summed E-state index contributed by atoms with van der Waals surface area (Å²) >= 11 is 0. The molecular formula is C15H28B2O4. The van der Waals surface area contributed by atoms with E-state index >= 15 is 0 Å². The van der Waals surface area contributed by atoms with Crippen LogP contribution in [0.25, 0.3) is 0 Å². The fourth-order valence-corrected chi connectivity index (χ4v) is 4.65. The van der Waals surface area contributed by atoms with Crippen molar-refractivity contribution >= 4 is 14.0 Å². The highest BCUT2D eigenvalue weighted by molar-refractivity contribution is 7.11. The van der Waals surface area contributed by atoms with Crippen molar-refractivity contribution in [1.29, 1.82) is 0 Å². The minimum Gasteiger partial charge on any atom is -0.407 e. The summed E-state index contributed by atoms with van der Waals surface area (Å²) in [5, 5.41) is 0. The molecule has 4 unspecified atom stereocenters. The highest BCUT2D eigenvalue weighted by atomic mass is 16.7. The van der Waals surface area contributed by atoms with Gasteiger partial charge in [0.25, 0.3) is 0 Å². The predicted molar refractivity (Wildman–Crippen MR) is 83.8 cm³/mol. The number of fused-ring (bicyclic) bond motifs is 5. The third-order valence-corrected chi connectivity index (χ3v) is 6.69. The van der Waals surface area contributed by atoms with Gasteiger partial charge in [-0.05, 0) is 52.4 Å². The zero-order chi connectivity index (χ0) is 15.8. The number of hydrogen-bond acceptors (Lipinski definition) is 4. The van der Waals surface area contributed by atoms with Gasteiger partial charge in [-0.25, -0.2) is 0 Å². The second-order valence-corrected chi connectivity index (χ2v) is 8.41. The molecule has 0 saturated carbocycles. The molecular weight excluding hydrogens is 266 g/mol. The SMILES string of the molecule is CCC1(C)C2OB(OC2(C)C)B2OC(C)(C)C(C)(O2)C1C. The highest BCUT2D eigenvalue weighted by Gasteiger charge is 2.71. The van der Waals surface area contributed by atoms with Crippen LogP contribution in [0.4, 0.5) is 0 Å². The van der Waals surface area contributed by atoms with E-state index in [4.69, 9.17) is 18.6 Å². The Morgan fingerprint density at radius 3 is 2.10 bits per heavy atom. The Morgan fingerprint density at radius 1 is 0.905 bits per heavy atom. The van der Waals surface area contributed by atoms with Crippen molar-refractivity contribution in [2.75, 3.05) is 0 Å². The van der Waals surface area contributed by atoms with Gasteiger partial charge >= 0.3 is 14.0 Å². The van der Waals surface area contributed by atoms with Crippen molar-refractivity contribution < 1.29 is 18.6 Å². The maximum atomic E-state index is 6.37. The van der Waals surface area contributed by atoms with Crippen LogP contribution in [-0.4, -0.2) is 36.9 Å². The Hall–Kier alpha value is -0.0301. The van der Waals surface area contributed by atoms with Crippen LogP contribution in [0.1, 0.15) is 61.8 Å². The summed E-state index contributed by atoms with van der Waals surface area (Å²) in [4.78, 5) is 0. The first-order chi connectivity index (χ1) is 9.48. The van der Waals surface area contributed by atoms with Crippen LogP contribution in [0.5, 0.6) is 0 Å². The minimum absolute atomic E-state index is 0.0387. The largest absolute Gasteiger partial charge is 0.489 e. The van der Waals surface area contributed by atoms with Crippen LogP contribution in [0, 0.1) is 11.3 Å². The molecule has 3 saturated heterocycles. The highest BCUT2D eigenvalue weighted by Crippen LogP contribution is 2.57. The molecule has 3 aliphatic rings. The van der Waals surface area contributed by atoms with Gasteiger partial charge in [0.15, 0.2) is 0 Å². The molecule has 3 heterocycles. The first kappa shape index (κ1) is 15.8. The van der Waals surface area contributed by atoms with E-state index in [9.17, 15) is 0 Å². The summed E-state index contributed by atoms with van der Waals surface area (Å²) in [5.74, 6) is 0.280. The van der Waals surface area contributed by atoms with E-state index in [0.717, 1.165) is 6.42 Å². The van der Waals surface area contributed by atoms with Crippen molar-refractivity contribution in [3.63, 3.8) is 0 Å². The Bertz CT molecular complexity index is 455. The van der Waals surface area contributed by atoms with Gasteiger partial charge in [-0.15, -0.1) is 0 Å². The van der Waals surface area contributed by atoms with Gasteiger partial charge in [-0.3, -0.25) is 0 Å². The maximum absolute atomic E-state index is 6.37. The molecule has 0 aromatic carbocycles. The van der Waals surface area contributed by atoms with E-state index in [1.54, 1.807) is 0 Å². The number of rotatable bonds is 1. The van der Waals surface area contributed by atoms with Crippen molar-refractivity contribution in [3.05, 3.63) is 0 Å². The van der Waals surface area contributed by atoms with Crippen molar-refractivity contribution in [2.45, 2.75) is 84.7 Å². The first-order valence-corrected chi connectivity index (χ1v) is 8.17. The van der Waals surface area contributed by atoms with E-state index in [2.05, 4.69) is 55.4 Å². The standard InChI is InChI=1S/C15H28B2O4/c1-9-14(7)10(2)15(8)13(5,6)20-17(21-15)16-18-11(14)12(3,4)19-16/h10-11H,9H2,1-8H3. The van der Waals surface area contributed by atoms with Crippen LogP contribution < -0.4 is 0 Å². The summed E-state index contributed by atoms with van der Waals surface area (Å²) in [6.45, 7) is 17.5. The summed E-state index contributed by atoms with van der Waals surface area (Å²) in [6, 6.07) is 0. The average molecular weight is 294 g/mol. The molecule has 0 aromatic heterocycles. The van der Waals surface area contributed by atoms with Crippen LogP contribution in [0.3, 0.4) is 0 Å². The molecule has 0 aromatic rings. The Kier molecular flexibility index (Phi) is 3.23. The maximum Gasteiger partial charge on any atom is 0.489 e. The molecule has 21 heavy (non-hydrogen) atoms. The van der Waals surface area contributed by atoms with E-state index in [1.807, 2.05) is 0 Å². The lowest BCUT2D eigenvalue weighted by atomic mass is 9.48. The quantitative estimate of drug-likeness (QED) is 0.697. The molecule has 6 heteroatoms. The third kappa shape index (κ3) is 1.85. The van der Waals surface area contributed by atoms with Crippen molar-refractivity contribution in [2.24, 2.45) is 11.3 Å². The molecule has 0 N–H and O–H groups in total. The fraction of sp³-hybridized carbons (Fsp3) is 1.00. The van der Waals surface area contributed by atoms with E-state index in [-0.39, 0.29) is 34.2 Å². The molecule has 4 nitrogen and oxygen atoms in total. The summed E-state index contributed by atoms with van der Waals surface area (Å²) in [5.41, 5.74) is -1.09. The van der Waals surface area contributed by atoms with E-state index in [1.165, 1.54) is 0 Å². The average Bonchev–Trinajstić information content (AvgIpc) is 2.83. The van der Waals surface area contributed by atoms with Crippen molar-refractivity contribution in [3.8, 4) is 0 Å². The molecule has 4 bridgehead atoms. The lowest BCUT2D eigenvalue weighted by molar-refractivity contribution is -0.134. The molecule has 0 amide bonds. The first-order valence-electron chi connectivity index (χ1n) is 8.17. The zero-order valence-electron chi connectivity index (χ0n) is 14.6. The van der Waals surface area contributed by atoms with Crippen LogP contribution >= 0.6 is 0 Å². The summed E-state index contributed by atoms with van der Waals surface area (Å²) in [7, 11) is -0.886. The van der Waals surface area contributed by atoms with Gasteiger partial charge < -0.3 is 18.6 Å². The molecule has 3 rings (SSSR count). The van der Waals surface area contributed by atoms with Crippen LogP contribution in [-0.2, 0) is 18.6 Å². The summed E-state index contributed by atoms with van der Waals surface area (Å²) < 4.78 is 25.0. The Labute approximate surface area is 129 Å². The fourth-order valence-electron chi connectivity index (χ4n) is 4.65. The molecule has 3 aliphatic heterocycles. The third-order valence-electron chi connectivity index (χ3n) is 6.69. The number of hydrogen-bond donors (Lipinski definition) is 0. The van der Waals surface area contributed by atoms with Crippen LogP contribution in [0.15, 0.2) is 0 Å². The van der Waals surface area contributed by atoms with E-state index < -0.39 is 14.0 Å². The Morgan fingerprint density at radius 2 is 1.52 bits per heavy atom. The molecule has 3 fully saturated rings. The van der Waals surface area contributed by atoms with E-state index in [0.29, 0.717) is 0 Å². The molecule has 118 valence electrons. The lowest BCUT2D eigenvalue weighted by Crippen LogP contribution is -2.60. The predicted octanol–water partition coefficient (Wildman–Crippen LogP) is 2.89. The molecule has 0 radical (unpaired) electrons. The molecule has 4 atom stereocenters. The van der Waals surface area contributed by atoms with Gasteiger partial charge in [0, 0.05) is 0 Å². The molecule has 0 aliphatic carbocycles. The topological polar surface area (TPSA) is 36.9 Å². The van der Waals surface area contributed by atoms with Gasteiger partial charge in [0.2, 0.25) is 0 Å². The smallest absolute Gasteiger partial charge is 0.407 e. The molecule has 0 spiro atoms. The second kappa shape index (κ2) is 4.28. The lowest BCUT2D eigenvalue weighted by Gasteiger charge is -2.53. The van der Waals surface area contributed by atoms with Gasteiger partial charge in [0.1, 0.15) is 0 Å². The minimum atomic E-state index is -0.446. The van der Waals surface area contributed by atoms with Gasteiger partial charge in [-0.1, -0.05) is 20.8 Å². The Balaban J connectivity index is 2.14. The second-order valence-electron chi connectivity index (χ2n) is 8.41. The van der Waals surface area contributed by atoms with Crippen LogP contribution in [0.2, 0.25) is 0 Å². The zero-order valence-corrected chi connectivity index (χ0v) is 14.6. The summed E-state index contributed by atoms with van der Waals surface area (Å²) in [6.07, 6.45) is 1.05. The van der Waals surface area contributed by atoms with Crippen molar-refractivity contribution in [1.82, 2.24) is 0 Å².